The molecular formula is C8H10O3. The van der Waals surface area contributed by atoms with Crippen LogP contribution in [-0.4, -0.2) is 18.7 Å². The third-order valence-electron chi connectivity index (χ3n) is 1.22. The lowest BCUT2D eigenvalue weighted by Gasteiger charge is -2.12. The highest BCUT2D eigenvalue weighted by Crippen LogP contribution is 2.03. The molecule has 0 aliphatic carbocycles. The zero-order valence-electron chi connectivity index (χ0n) is 6.32. The van der Waals surface area contributed by atoms with Crippen LogP contribution < -0.4 is 0 Å². The average Bonchev–Trinajstić information content (AvgIpc) is 2.07. The standard InChI is InChI=1S/C8H10O3/c1-2-10-8(9)7-5-3-4-6-11-7/h3-7H,2H2,1H3. The zero-order chi connectivity index (χ0) is 8.10. The Hall–Kier alpha value is -1.25. The van der Waals surface area contributed by atoms with Gasteiger partial charge in [-0.1, -0.05) is 6.08 Å². The van der Waals surface area contributed by atoms with Gasteiger partial charge in [0.15, 0.2) is 0 Å². The molecule has 0 amide bonds. The molecule has 3 heteroatoms. The predicted molar refractivity (Wildman–Crippen MR) is 39.8 cm³/mol. The fourth-order valence-corrected chi connectivity index (χ4v) is 0.744. The third kappa shape index (κ3) is 2.11. The van der Waals surface area contributed by atoms with Crippen LogP contribution in [0.15, 0.2) is 24.5 Å². The van der Waals surface area contributed by atoms with Crippen LogP contribution in [-0.2, 0) is 14.3 Å². The Morgan fingerprint density at radius 1 is 1.64 bits per heavy atom. The molecule has 0 saturated heterocycles. The molecule has 11 heavy (non-hydrogen) atoms. The van der Waals surface area contributed by atoms with Gasteiger partial charge in [0.1, 0.15) is 0 Å². The maximum absolute atomic E-state index is 11.0. The molecule has 1 rings (SSSR count). The summed E-state index contributed by atoms with van der Waals surface area (Å²) in [4.78, 5) is 11.0. The Morgan fingerprint density at radius 2 is 2.45 bits per heavy atom. The first-order valence-corrected chi connectivity index (χ1v) is 3.50. The van der Waals surface area contributed by atoms with Gasteiger partial charge in [0, 0.05) is 0 Å². The van der Waals surface area contributed by atoms with Crippen LogP contribution in [0.3, 0.4) is 0 Å². The number of rotatable bonds is 2. The van der Waals surface area contributed by atoms with E-state index in [9.17, 15) is 4.79 Å². The fraction of sp³-hybridized carbons (Fsp3) is 0.375. The molecule has 3 nitrogen and oxygen atoms in total. The molecule has 0 bridgehead atoms. The van der Waals surface area contributed by atoms with E-state index in [0.717, 1.165) is 0 Å². The number of ether oxygens (including phenoxy) is 2. The molecule has 0 aromatic carbocycles. The van der Waals surface area contributed by atoms with Crippen molar-refractivity contribution in [1.29, 1.82) is 0 Å². The normalized spacial score (nSPS) is 21.0. The van der Waals surface area contributed by atoms with Gasteiger partial charge in [-0.05, 0) is 19.1 Å². The molecule has 1 atom stereocenters. The van der Waals surface area contributed by atoms with E-state index in [0.29, 0.717) is 6.61 Å². The topological polar surface area (TPSA) is 35.5 Å². The van der Waals surface area contributed by atoms with E-state index < -0.39 is 6.10 Å². The molecular weight excluding hydrogens is 144 g/mol. The second-order valence-corrected chi connectivity index (χ2v) is 2.02. The SMILES string of the molecule is CCOC(=O)C1C=CC=CO1. The molecule has 1 heterocycles. The Labute approximate surface area is 65.3 Å². The fourth-order valence-electron chi connectivity index (χ4n) is 0.744. The molecule has 0 aromatic rings. The lowest BCUT2D eigenvalue weighted by atomic mass is 10.3. The monoisotopic (exact) mass is 154 g/mol. The van der Waals surface area contributed by atoms with Crippen LogP contribution in [0.4, 0.5) is 0 Å². The molecule has 0 fully saturated rings. The summed E-state index contributed by atoms with van der Waals surface area (Å²) < 4.78 is 9.68. The van der Waals surface area contributed by atoms with Crippen molar-refractivity contribution in [1.82, 2.24) is 0 Å². The molecule has 0 aromatic heterocycles. The van der Waals surface area contributed by atoms with Crippen molar-refractivity contribution in [3.8, 4) is 0 Å². The summed E-state index contributed by atoms with van der Waals surface area (Å²) in [6.45, 7) is 2.15. The summed E-state index contributed by atoms with van der Waals surface area (Å²) >= 11 is 0. The highest BCUT2D eigenvalue weighted by atomic mass is 16.6. The summed E-state index contributed by atoms with van der Waals surface area (Å²) in [5.41, 5.74) is 0. The predicted octanol–water partition coefficient (Wildman–Crippen LogP) is 1.02. The van der Waals surface area contributed by atoms with Crippen molar-refractivity contribution >= 4 is 5.97 Å². The summed E-state index contributed by atoms with van der Waals surface area (Å²) in [7, 11) is 0. The summed E-state index contributed by atoms with van der Waals surface area (Å²) in [5, 5.41) is 0. The van der Waals surface area contributed by atoms with Crippen LogP contribution >= 0.6 is 0 Å². The van der Waals surface area contributed by atoms with Crippen molar-refractivity contribution < 1.29 is 14.3 Å². The first-order chi connectivity index (χ1) is 5.34. The highest BCUT2D eigenvalue weighted by Gasteiger charge is 2.17. The minimum Gasteiger partial charge on any atom is -0.482 e. The van der Waals surface area contributed by atoms with E-state index >= 15 is 0 Å². The van der Waals surface area contributed by atoms with Gasteiger partial charge >= 0.3 is 5.97 Å². The van der Waals surface area contributed by atoms with Crippen molar-refractivity contribution in [2.24, 2.45) is 0 Å². The minimum absolute atomic E-state index is 0.340. The van der Waals surface area contributed by atoms with E-state index in [4.69, 9.17) is 9.47 Å². The lowest BCUT2D eigenvalue weighted by molar-refractivity contribution is -0.150. The van der Waals surface area contributed by atoms with E-state index in [2.05, 4.69) is 0 Å². The summed E-state index contributed by atoms with van der Waals surface area (Å²) in [5.74, 6) is -0.340. The summed E-state index contributed by atoms with van der Waals surface area (Å²) in [6, 6.07) is 0. The molecule has 0 spiro atoms. The maximum Gasteiger partial charge on any atom is 0.351 e. The van der Waals surface area contributed by atoms with Crippen molar-refractivity contribution in [3.05, 3.63) is 24.5 Å². The molecule has 1 aliphatic heterocycles. The van der Waals surface area contributed by atoms with Crippen molar-refractivity contribution in [2.45, 2.75) is 13.0 Å². The van der Waals surface area contributed by atoms with E-state index in [1.54, 1.807) is 25.2 Å². The van der Waals surface area contributed by atoms with E-state index in [-0.39, 0.29) is 5.97 Å². The minimum atomic E-state index is -0.556. The van der Waals surface area contributed by atoms with Gasteiger partial charge in [-0.2, -0.15) is 0 Å². The van der Waals surface area contributed by atoms with Crippen molar-refractivity contribution in [2.75, 3.05) is 6.61 Å². The Balaban J connectivity index is 2.42. The second kappa shape index (κ2) is 3.81. The molecule has 0 radical (unpaired) electrons. The smallest absolute Gasteiger partial charge is 0.351 e. The van der Waals surface area contributed by atoms with E-state index in [1.165, 1.54) is 6.26 Å². The van der Waals surface area contributed by atoms with Crippen LogP contribution in [0.25, 0.3) is 0 Å². The number of hydrogen-bond acceptors (Lipinski definition) is 3. The molecule has 1 aliphatic rings. The van der Waals surface area contributed by atoms with Gasteiger partial charge < -0.3 is 9.47 Å². The molecule has 0 N–H and O–H groups in total. The lowest BCUT2D eigenvalue weighted by Crippen LogP contribution is -2.23. The molecule has 0 saturated carbocycles. The number of carbonyl (C=O) groups excluding carboxylic acids is 1. The number of carbonyl (C=O) groups is 1. The van der Waals surface area contributed by atoms with E-state index in [1.807, 2.05) is 0 Å². The van der Waals surface area contributed by atoms with Gasteiger partial charge in [-0.3, -0.25) is 0 Å². The number of esters is 1. The van der Waals surface area contributed by atoms with Crippen LogP contribution in [0.5, 0.6) is 0 Å². The van der Waals surface area contributed by atoms with Gasteiger partial charge in [0.05, 0.1) is 12.9 Å². The van der Waals surface area contributed by atoms with Crippen molar-refractivity contribution in [3.63, 3.8) is 0 Å². The first-order valence-electron chi connectivity index (χ1n) is 3.50. The Bertz CT molecular complexity index is 194. The van der Waals surface area contributed by atoms with Gasteiger partial charge in [-0.25, -0.2) is 4.79 Å². The average molecular weight is 154 g/mol. The van der Waals surface area contributed by atoms with Crippen LogP contribution in [0.2, 0.25) is 0 Å². The summed E-state index contributed by atoms with van der Waals surface area (Å²) in [6.07, 6.45) is 6.04. The Kier molecular flexibility index (Phi) is 2.72. The highest BCUT2D eigenvalue weighted by molar-refractivity contribution is 5.77. The van der Waals surface area contributed by atoms with Crippen LogP contribution in [0.1, 0.15) is 6.92 Å². The second-order valence-electron chi connectivity index (χ2n) is 2.02. The third-order valence-corrected chi connectivity index (χ3v) is 1.22. The molecule has 60 valence electrons. The molecule has 1 unspecified atom stereocenters. The Morgan fingerprint density at radius 3 is 3.00 bits per heavy atom. The first kappa shape index (κ1) is 7.85. The van der Waals surface area contributed by atoms with Crippen LogP contribution in [0, 0.1) is 0 Å². The number of hydrogen-bond donors (Lipinski definition) is 0. The van der Waals surface area contributed by atoms with Gasteiger partial charge in [0.25, 0.3) is 0 Å². The van der Waals surface area contributed by atoms with Gasteiger partial charge in [-0.15, -0.1) is 0 Å². The van der Waals surface area contributed by atoms with Gasteiger partial charge in [0.2, 0.25) is 6.10 Å². The zero-order valence-corrected chi connectivity index (χ0v) is 6.32. The maximum atomic E-state index is 11.0. The quantitative estimate of drug-likeness (QED) is 0.557. The number of allylic oxidation sites excluding steroid dienone is 2. The largest absolute Gasteiger partial charge is 0.482 e.